The molecule has 2 N–H and O–H groups in total. The maximum absolute atomic E-state index is 12.8. The van der Waals surface area contributed by atoms with E-state index in [0.717, 1.165) is 30.2 Å². The Kier molecular flexibility index (Phi) is 8.08. The molecule has 0 spiro atoms. The van der Waals surface area contributed by atoms with Crippen molar-refractivity contribution in [3.63, 3.8) is 0 Å². The number of carbonyl (C=O) groups is 2. The van der Waals surface area contributed by atoms with Crippen molar-refractivity contribution in [2.75, 3.05) is 11.5 Å². The summed E-state index contributed by atoms with van der Waals surface area (Å²) in [6.07, 6.45) is 3.60. The molecule has 0 bridgehead atoms. The molecule has 3 rings (SSSR count). The van der Waals surface area contributed by atoms with Crippen LogP contribution in [-0.2, 0) is 9.59 Å². The molecule has 2 aromatic rings. The molecule has 0 aromatic heterocycles. The highest BCUT2D eigenvalue weighted by Crippen LogP contribution is 2.30. The van der Waals surface area contributed by atoms with E-state index >= 15 is 0 Å². The van der Waals surface area contributed by atoms with E-state index in [0.29, 0.717) is 23.1 Å². The number of halogens is 1. The molecule has 31 heavy (non-hydrogen) atoms. The average Bonchev–Trinajstić information content (AvgIpc) is 3.03. The van der Waals surface area contributed by atoms with Crippen LogP contribution in [0.1, 0.15) is 31.7 Å². The van der Waals surface area contributed by atoms with Gasteiger partial charge in [-0.05, 0) is 48.4 Å². The van der Waals surface area contributed by atoms with Crippen molar-refractivity contribution in [1.29, 1.82) is 0 Å². The first kappa shape index (κ1) is 22.8. The monoisotopic (exact) mass is 458 g/mol. The minimum Gasteiger partial charge on any atom is -0.494 e. The summed E-state index contributed by atoms with van der Waals surface area (Å²) in [5, 5.41) is 7.93. The molecule has 162 valence electrons. The third-order valence-corrected chi connectivity index (χ3v) is 5.69. The van der Waals surface area contributed by atoms with E-state index in [1.807, 2.05) is 0 Å². The van der Waals surface area contributed by atoms with Crippen LogP contribution in [0.3, 0.4) is 0 Å². The number of anilines is 1. The lowest BCUT2D eigenvalue weighted by atomic mass is 10.2. The highest BCUT2D eigenvalue weighted by molar-refractivity contribution is 8.14. The molecular weight excluding hydrogens is 436 g/mol. The minimum absolute atomic E-state index is 0.0510. The first-order chi connectivity index (χ1) is 15.0. The summed E-state index contributed by atoms with van der Waals surface area (Å²) in [4.78, 5) is 26.4. The number of ether oxygens (including phenoxy) is 1. The number of unbranched alkanes of at least 4 members (excludes halogenated alkanes) is 1. The number of benzene rings is 2. The predicted octanol–water partition coefficient (Wildman–Crippen LogP) is 4.23. The molecule has 1 aliphatic heterocycles. The molecule has 1 fully saturated rings. The molecule has 0 aliphatic carbocycles. The zero-order valence-corrected chi connectivity index (χ0v) is 18.6. The van der Waals surface area contributed by atoms with Gasteiger partial charge in [-0.15, -0.1) is 5.10 Å². The quantitative estimate of drug-likeness (QED) is 0.210. The number of amides is 2. The van der Waals surface area contributed by atoms with E-state index in [1.54, 1.807) is 48.5 Å². The average molecular weight is 459 g/mol. The second-order valence-corrected chi connectivity index (χ2v) is 8.47. The summed E-state index contributed by atoms with van der Waals surface area (Å²) in [7, 11) is 0. The smallest absolute Gasteiger partial charge is 0.247 e. The van der Waals surface area contributed by atoms with E-state index in [2.05, 4.69) is 17.1 Å². The van der Waals surface area contributed by atoms with Crippen molar-refractivity contribution >= 4 is 52.2 Å². The Balaban J connectivity index is 1.59. The fourth-order valence-corrected chi connectivity index (χ4v) is 3.81. The highest BCUT2D eigenvalue weighted by atomic mass is 35.5. The van der Waals surface area contributed by atoms with Gasteiger partial charge in [0.2, 0.25) is 11.8 Å². The Hall–Kier alpha value is -2.84. The molecule has 1 aliphatic rings. The van der Waals surface area contributed by atoms with Crippen LogP contribution < -0.4 is 15.4 Å². The van der Waals surface area contributed by atoms with Crippen molar-refractivity contribution in [3.8, 4) is 5.75 Å². The predicted molar refractivity (Wildman–Crippen MR) is 126 cm³/mol. The van der Waals surface area contributed by atoms with Gasteiger partial charge < -0.3 is 10.5 Å². The van der Waals surface area contributed by atoms with Gasteiger partial charge in [-0.1, -0.05) is 48.8 Å². The van der Waals surface area contributed by atoms with E-state index in [-0.39, 0.29) is 23.4 Å². The topological polar surface area (TPSA) is 97.3 Å². The van der Waals surface area contributed by atoms with Gasteiger partial charge in [0.05, 0.1) is 18.5 Å². The molecule has 1 saturated heterocycles. The summed E-state index contributed by atoms with van der Waals surface area (Å²) in [6.45, 7) is 2.73. The fourth-order valence-electron chi connectivity index (χ4n) is 2.86. The van der Waals surface area contributed by atoms with E-state index in [9.17, 15) is 9.59 Å². The maximum Gasteiger partial charge on any atom is 0.247 e. The Bertz CT molecular complexity index is 977. The number of amidine groups is 1. The lowest BCUT2D eigenvalue weighted by Gasteiger charge is -2.15. The van der Waals surface area contributed by atoms with Crippen LogP contribution in [0.2, 0.25) is 5.02 Å². The summed E-state index contributed by atoms with van der Waals surface area (Å²) in [5.74, 6) is 0.103. The molecule has 1 atom stereocenters. The van der Waals surface area contributed by atoms with Gasteiger partial charge in [0.1, 0.15) is 11.0 Å². The SMILES string of the molecule is CCCCOc1ccc(N2C(=O)C[C@H](SC(N)=N/N=C\c3ccc(Cl)cc3)C2=O)cc1. The number of carbonyl (C=O) groups excluding carboxylic acids is 2. The van der Waals surface area contributed by atoms with Crippen molar-refractivity contribution in [3.05, 3.63) is 59.1 Å². The van der Waals surface area contributed by atoms with Crippen molar-refractivity contribution < 1.29 is 14.3 Å². The van der Waals surface area contributed by atoms with Crippen molar-refractivity contribution in [2.45, 2.75) is 31.4 Å². The van der Waals surface area contributed by atoms with E-state index in [4.69, 9.17) is 22.1 Å². The molecule has 7 nitrogen and oxygen atoms in total. The number of hydrogen-bond acceptors (Lipinski definition) is 6. The van der Waals surface area contributed by atoms with Gasteiger partial charge in [-0.3, -0.25) is 9.59 Å². The molecule has 2 aromatic carbocycles. The Morgan fingerprint density at radius 2 is 1.94 bits per heavy atom. The second-order valence-electron chi connectivity index (χ2n) is 6.81. The molecular formula is C22H23ClN4O3S. The van der Waals surface area contributed by atoms with Gasteiger partial charge in [-0.25, -0.2) is 4.90 Å². The molecule has 0 radical (unpaired) electrons. The fraction of sp³-hybridized carbons (Fsp3) is 0.273. The van der Waals surface area contributed by atoms with Crippen LogP contribution >= 0.6 is 23.4 Å². The second kappa shape index (κ2) is 11.0. The van der Waals surface area contributed by atoms with E-state index < -0.39 is 5.25 Å². The van der Waals surface area contributed by atoms with Crippen LogP contribution in [0.4, 0.5) is 5.69 Å². The minimum atomic E-state index is -0.637. The molecule has 9 heteroatoms. The summed E-state index contributed by atoms with van der Waals surface area (Å²) in [5.41, 5.74) is 7.21. The maximum atomic E-state index is 12.8. The number of nitrogens with zero attached hydrogens (tertiary/aromatic N) is 3. The molecule has 2 amide bonds. The molecule has 0 unspecified atom stereocenters. The van der Waals surface area contributed by atoms with Gasteiger partial charge in [0.25, 0.3) is 0 Å². The lowest BCUT2D eigenvalue weighted by molar-refractivity contribution is -0.121. The summed E-state index contributed by atoms with van der Waals surface area (Å²) in [6, 6.07) is 14.0. The number of thioether (sulfide) groups is 1. The largest absolute Gasteiger partial charge is 0.494 e. The highest BCUT2D eigenvalue weighted by Gasteiger charge is 2.40. The Morgan fingerprint density at radius 1 is 1.23 bits per heavy atom. The summed E-state index contributed by atoms with van der Waals surface area (Å²) >= 11 is 6.87. The van der Waals surface area contributed by atoms with Crippen LogP contribution in [0.25, 0.3) is 0 Å². The van der Waals surface area contributed by atoms with Crippen molar-refractivity contribution in [2.24, 2.45) is 15.9 Å². The van der Waals surface area contributed by atoms with Gasteiger partial charge in [-0.2, -0.15) is 5.10 Å². The summed E-state index contributed by atoms with van der Waals surface area (Å²) < 4.78 is 5.62. The number of nitrogens with two attached hydrogens (primary N) is 1. The number of rotatable bonds is 8. The first-order valence-corrected chi connectivity index (χ1v) is 11.1. The Labute approximate surface area is 190 Å². The van der Waals surface area contributed by atoms with Crippen molar-refractivity contribution in [1.82, 2.24) is 0 Å². The Morgan fingerprint density at radius 3 is 2.61 bits per heavy atom. The molecule has 1 heterocycles. The van der Waals surface area contributed by atoms with Crippen LogP contribution in [0.15, 0.2) is 58.7 Å². The lowest BCUT2D eigenvalue weighted by Crippen LogP contribution is -2.31. The zero-order valence-electron chi connectivity index (χ0n) is 17.0. The standard InChI is InChI=1S/C22H23ClN4O3S/c1-2-3-12-30-18-10-8-17(9-11-18)27-20(28)13-19(21(27)29)31-22(24)26-25-14-15-4-6-16(23)7-5-15/h4-11,14,19H,2-3,12-13H2,1H3,(H2,24,26)/b25-14-/t19-/m0/s1. The third kappa shape index (κ3) is 6.32. The number of hydrogen-bond donors (Lipinski definition) is 1. The van der Waals surface area contributed by atoms with Crippen LogP contribution in [-0.4, -0.2) is 35.1 Å². The molecule has 0 saturated carbocycles. The van der Waals surface area contributed by atoms with Gasteiger partial charge >= 0.3 is 0 Å². The first-order valence-electron chi connectivity index (χ1n) is 9.86. The van der Waals surface area contributed by atoms with Crippen LogP contribution in [0, 0.1) is 0 Å². The van der Waals surface area contributed by atoms with E-state index in [1.165, 1.54) is 11.1 Å². The van der Waals surface area contributed by atoms with Gasteiger partial charge in [0.15, 0.2) is 5.17 Å². The number of imide groups is 1. The van der Waals surface area contributed by atoms with Gasteiger partial charge in [0, 0.05) is 11.4 Å². The zero-order chi connectivity index (χ0) is 22.2. The third-order valence-electron chi connectivity index (χ3n) is 4.46. The normalized spacial score (nSPS) is 17.0. The van der Waals surface area contributed by atoms with Crippen LogP contribution in [0.5, 0.6) is 5.75 Å².